The molecule has 0 spiro atoms. The van der Waals surface area contributed by atoms with Crippen molar-refractivity contribution < 1.29 is 28.5 Å². The quantitative estimate of drug-likeness (QED) is 0.262. The number of amides is 2. The topological polar surface area (TPSA) is 121 Å². The molecule has 12 heteroatoms. The highest BCUT2D eigenvalue weighted by Crippen LogP contribution is 2.35. The minimum Gasteiger partial charge on any atom is -0.454 e. The van der Waals surface area contributed by atoms with Gasteiger partial charge < -0.3 is 29.6 Å². The summed E-state index contributed by atoms with van der Waals surface area (Å²) in [5.41, 5.74) is 2.00. The number of fused-ring (bicyclic) bond motifs is 2. The standard InChI is InChI=1S/C23H20N4O6S2/c1-13-6-22(34-9-20(28)25-14-2-4-16-18(7-14)32-11-30-16)27-23(24-13)35-10-21(29)26-15-3-5-17-19(8-15)33-12-31-17/h2-8H,9-12H2,1H3,(H,25,28)(H,26,29). The number of carbonyl (C=O) groups is 2. The van der Waals surface area contributed by atoms with Crippen LogP contribution < -0.4 is 29.6 Å². The van der Waals surface area contributed by atoms with Crippen LogP contribution in [0.25, 0.3) is 0 Å². The van der Waals surface area contributed by atoms with Crippen LogP contribution >= 0.6 is 23.5 Å². The van der Waals surface area contributed by atoms with Gasteiger partial charge in [-0.1, -0.05) is 23.5 Å². The number of carbonyl (C=O) groups excluding carboxylic acids is 2. The van der Waals surface area contributed by atoms with E-state index in [9.17, 15) is 9.59 Å². The Morgan fingerprint density at radius 2 is 1.31 bits per heavy atom. The molecule has 0 radical (unpaired) electrons. The molecule has 2 aliphatic heterocycles. The smallest absolute Gasteiger partial charge is 0.234 e. The third-order valence-electron chi connectivity index (χ3n) is 4.81. The van der Waals surface area contributed by atoms with Crippen molar-refractivity contribution in [1.29, 1.82) is 0 Å². The Morgan fingerprint density at radius 1 is 0.771 bits per heavy atom. The normalized spacial score (nSPS) is 12.9. The molecule has 5 rings (SSSR count). The molecule has 0 saturated carbocycles. The second-order valence-electron chi connectivity index (χ2n) is 7.44. The number of aromatic nitrogens is 2. The number of benzene rings is 2. The lowest BCUT2D eigenvalue weighted by molar-refractivity contribution is -0.114. The van der Waals surface area contributed by atoms with E-state index in [1.54, 1.807) is 42.5 Å². The third-order valence-corrected chi connectivity index (χ3v) is 6.57. The van der Waals surface area contributed by atoms with Gasteiger partial charge in [0.05, 0.1) is 11.5 Å². The monoisotopic (exact) mass is 512 g/mol. The summed E-state index contributed by atoms with van der Waals surface area (Å²) in [6.45, 7) is 2.19. The van der Waals surface area contributed by atoms with Crippen LogP contribution in [0, 0.1) is 6.92 Å². The van der Waals surface area contributed by atoms with E-state index < -0.39 is 0 Å². The molecule has 180 valence electrons. The SMILES string of the molecule is Cc1cc(SCC(=O)Nc2ccc3c(c2)OCO3)nc(SCC(=O)Nc2ccc3c(c2)OCO3)n1. The number of thioether (sulfide) groups is 2. The first-order valence-electron chi connectivity index (χ1n) is 10.5. The summed E-state index contributed by atoms with van der Waals surface area (Å²) in [5.74, 6) is 2.43. The first-order valence-corrected chi connectivity index (χ1v) is 12.5. The molecule has 2 N–H and O–H groups in total. The molecule has 2 aromatic carbocycles. The number of ether oxygens (including phenoxy) is 4. The first kappa shape index (κ1) is 23.1. The van der Waals surface area contributed by atoms with Gasteiger partial charge in [-0.25, -0.2) is 9.97 Å². The molecule has 3 heterocycles. The fourth-order valence-corrected chi connectivity index (χ4v) is 4.78. The molecule has 1 aromatic heterocycles. The lowest BCUT2D eigenvalue weighted by atomic mass is 10.3. The van der Waals surface area contributed by atoms with Gasteiger partial charge in [0.2, 0.25) is 25.4 Å². The highest BCUT2D eigenvalue weighted by Gasteiger charge is 2.16. The van der Waals surface area contributed by atoms with Crippen molar-refractivity contribution in [2.75, 3.05) is 35.7 Å². The molecule has 3 aromatic rings. The van der Waals surface area contributed by atoms with E-state index in [2.05, 4.69) is 20.6 Å². The highest BCUT2D eigenvalue weighted by atomic mass is 32.2. The lowest BCUT2D eigenvalue weighted by Gasteiger charge is -2.08. The Labute approximate surface area is 209 Å². The van der Waals surface area contributed by atoms with Gasteiger partial charge in [-0.2, -0.15) is 0 Å². The van der Waals surface area contributed by atoms with Crippen molar-refractivity contribution in [3.05, 3.63) is 48.2 Å². The van der Waals surface area contributed by atoms with Crippen molar-refractivity contribution in [3.8, 4) is 23.0 Å². The van der Waals surface area contributed by atoms with Crippen molar-refractivity contribution >= 4 is 46.7 Å². The Kier molecular flexibility index (Phi) is 6.82. The Morgan fingerprint density at radius 3 is 1.91 bits per heavy atom. The zero-order valence-electron chi connectivity index (χ0n) is 18.5. The fourth-order valence-electron chi connectivity index (χ4n) is 3.26. The van der Waals surface area contributed by atoms with Gasteiger partial charge in [-0.15, -0.1) is 0 Å². The molecule has 35 heavy (non-hydrogen) atoms. The summed E-state index contributed by atoms with van der Waals surface area (Å²) in [6, 6.07) is 12.3. The van der Waals surface area contributed by atoms with Gasteiger partial charge in [-0.05, 0) is 37.3 Å². The van der Waals surface area contributed by atoms with E-state index in [-0.39, 0.29) is 36.9 Å². The van der Waals surface area contributed by atoms with Gasteiger partial charge >= 0.3 is 0 Å². The van der Waals surface area contributed by atoms with Crippen molar-refractivity contribution in [3.63, 3.8) is 0 Å². The summed E-state index contributed by atoms with van der Waals surface area (Å²) < 4.78 is 21.2. The highest BCUT2D eigenvalue weighted by molar-refractivity contribution is 8.00. The van der Waals surface area contributed by atoms with Crippen molar-refractivity contribution in [2.24, 2.45) is 0 Å². The predicted octanol–water partition coefficient (Wildman–Crippen LogP) is 3.70. The van der Waals surface area contributed by atoms with Crippen LogP contribution in [0.3, 0.4) is 0 Å². The second-order valence-corrected chi connectivity index (χ2v) is 9.38. The number of rotatable bonds is 8. The zero-order chi connectivity index (χ0) is 24.2. The molecular weight excluding hydrogens is 492 g/mol. The number of nitrogens with one attached hydrogen (secondary N) is 2. The van der Waals surface area contributed by atoms with Crippen LogP contribution in [0.4, 0.5) is 11.4 Å². The molecule has 10 nitrogen and oxygen atoms in total. The molecule has 2 amide bonds. The number of aryl methyl sites for hydroxylation is 1. The number of hydrogen-bond acceptors (Lipinski definition) is 10. The summed E-state index contributed by atoms with van der Waals surface area (Å²) in [7, 11) is 0. The Bertz CT molecular complexity index is 1200. The Hall–Kier alpha value is -3.64. The second kappa shape index (κ2) is 10.3. The van der Waals surface area contributed by atoms with E-state index in [0.29, 0.717) is 44.6 Å². The van der Waals surface area contributed by atoms with Gasteiger partial charge in [0.15, 0.2) is 28.2 Å². The number of anilines is 2. The molecule has 0 atom stereocenters. The van der Waals surface area contributed by atoms with E-state index in [1.807, 2.05) is 6.92 Å². The van der Waals surface area contributed by atoms with E-state index >= 15 is 0 Å². The zero-order valence-corrected chi connectivity index (χ0v) is 20.2. The largest absolute Gasteiger partial charge is 0.454 e. The van der Waals surface area contributed by atoms with E-state index in [0.717, 1.165) is 5.69 Å². The lowest BCUT2D eigenvalue weighted by Crippen LogP contribution is -2.15. The molecule has 0 unspecified atom stereocenters. The minimum atomic E-state index is -0.198. The number of nitrogens with zero attached hydrogens (tertiary/aromatic N) is 2. The van der Waals surface area contributed by atoms with Crippen LogP contribution in [0.1, 0.15) is 5.69 Å². The Balaban J connectivity index is 1.12. The fraction of sp³-hybridized carbons (Fsp3) is 0.217. The van der Waals surface area contributed by atoms with Crippen molar-refractivity contribution in [1.82, 2.24) is 9.97 Å². The average molecular weight is 513 g/mol. The van der Waals surface area contributed by atoms with Gasteiger partial charge in [0.25, 0.3) is 0 Å². The van der Waals surface area contributed by atoms with Gasteiger partial charge in [0.1, 0.15) is 5.03 Å². The molecule has 2 aliphatic rings. The average Bonchev–Trinajstić information content (AvgIpc) is 3.50. The summed E-state index contributed by atoms with van der Waals surface area (Å²) in [6.07, 6.45) is 0. The van der Waals surface area contributed by atoms with Crippen LogP contribution in [-0.2, 0) is 9.59 Å². The number of hydrogen-bond donors (Lipinski definition) is 2. The third kappa shape index (κ3) is 5.89. The van der Waals surface area contributed by atoms with Crippen LogP contribution in [0.2, 0.25) is 0 Å². The van der Waals surface area contributed by atoms with Gasteiger partial charge in [-0.3, -0.25) is 9.59 Å². The molecule has 0 saturated heterocycles. The molecule has 0 aliphatic carbocycles. The van der Waals surface area contributed by atoms with Crippen molar-refractivity contribution in [2.45, 2.75) is 17.1 Å². The van der Waals surface area contributed by atoms with Crippen LogP contribution in [0.5, 0.6) is 23.0 Å². The van der Waals surface area contributed by atoms with Crippen LogP contribution in [0.15, 0.2) is 52.6 Å². The van der Waals surface area contributed by atoms with E-state index in [1.165, 1.54) is 23.5 Å². The van der Waals surface area contributed by atoms with E-state index in [4.69, 9.17) is 18.9 Å². The molecular formula is C23H20N4O6S2. The van der Waals surface area contributed by atoms with Gasteiger partial charge in [0, 0.05) is 29.2 Å². The molecule has 0 bridgehead atoms. The maximum Gasteiger partial charge on any atom is 0.234 e. The summed E-state index contributed by atoms with van der Waals surface area (Å²) in [5, 5.41) is 6.77. The maximum atomic E-state index is 12.4. The first-order chi connectivity index (χ1) is 17.0. The maximum absolute atomic E-state index is 12.4. The van der Waals surface area contributed by atoms with Crippen LogP contribution in [-0.4, -0.2) is 46.9 Å². The molecule has 0 fully saturated rings. The predicted molar refractivity (Wildman–Crippen MR) is 131 cm³/mol. The summed E-state index contributed by atoms with van der Waals surface area (Å²) in [4.78, 5) is 33.6. The minimum absolute atomic E-state index is 0.132. The summed E-state index contributed by atoms with van der Waals surface area (Å²) >= 11 is 2.51.